The van der Waals surface area contributed by atoms with Crippen LogP contribution >= 0.6 is 0 Å². The van der Waals surface area contributed by atoms with Crippen molar-refractivity contribution in [3.63, 3.8) is 0 Å². The van der Waals surface area contributed by atoms with Crippen molar-refractivity contribution in [1.29, 1.82) is 0 Å². The number of carbonyl (C=O) groups is 1. The molecule has 0 fully saturated rings. The zero-order valence-electron chi connectivity index (χ0n) is 16.0. The minimum Gasteiger partial charge on any atom is -0.324 e. The fraction of sp³-hybridized carbons (Fsp3) is 0.304. The van der Waals surface area contributed by atoms with Crippen molar-refractivity contribution in [2.45, 2.75) is 33.6 Å². The van der Waals surface area contributed by atoms with Gasteiger partial charge in [-0.1, -0.05) is 63.2 Å². The first-order valence-corrected chi connectivity index (χ1v) is 9.27. The van der Waals surface area contributed by atoms with Crippen molar-refractivity contribution in [1.82, 2.24) is 4.98 Å². The van der Waals surface area contributed by atoms with Gasteiger partial charge in [-0.05, 0) is 36.5 Å². The maximum absolute atomic E-state index is 13.8. The summed E-state index contributed by atoms with van der Waals surface area (Å²) in [6.07, 6.45) is 2.94. The molecule has 0 radical (unpaired) electrons. The summed E-state index contributed by atoms with van der Waals surface area (Å²) < 4.78 is 13.8. The van der Waals surface area contributed by atoms with Crippen LogP contribution in [0.4, 0.5) is 10.1 Å². The molecule has 3 nitrogen and oxygen atoms in total. The highest BCUT2D eigenvalue weighted by Crippen LogP contribution is 2.32. The van der Waals surface area contributed by atoms with Crippen molar-refractivity contribution in [2.24, 2.45) is 11.3 Å². The highest BCUT2D eigenvalue weighted by atomic mass is 19.1. The van der Waals surface area contributed by atoms with Crippen molar-refractivity contribution in [2.75, 3.05) is 5.32 Å². The third-order valence-corrected chi connectivity index (χ3v) is 4.76. The van der Waals surface area contributed by atoms with E-state index in [1.54, 1.807) is 18.2 Å². The van der Waals surface area contributed by atoms with E-state index in [4.69, 9.17) is 0 Å². The summed E-state index contributed by atoms with van der Waals surface area (Å²) in [5.74, 6) is -0.0232. The number of amides is 1. The van der Waals surface area contributed by atoms with E-state index in [9.17, 15) is 9.18 Å². The van der Waals surface area contributed by atoms with Crippen LogP contribution in [0.15, 0.2) is 60.8 Å². The Balaban J connectivity index is 1.85. The lowest BCUT2D eigenvalue weighted by atomic mass is 9.76. The molecular formula is C23H25FN2O. The number of rotatable bonds is 6. The summed E-state index contributed by atoms with van der Waals surface area (Å²) in [5, 5.41) is 3.66. The molecule has 1 heterocycles. The van der Waals surface area contributed by atoms with Gasteiger partial charge in [-0.3, -0.25) is 9.78 Å². The maximum atomic E-state index is 13.8. The summed E-state index contributed by atoms with van der Waals surface area (Å²) in [6.45, 7) is 6.25. The monoisotopic (exact) mass is 364 g/mol. The molecule has 27 heavy (non-hydrogen) atoms. The highest BCUT2D eigenvalue weighted by Gasteiger charge is 2.34. The van der Waals surface area contributed by atoms with Gasteiger partial charge in [-0.2, -0.15) is 0 Å². The Bertz CT molecular complexity index is 940. The number of para-hydroxylation sites is 1. The molecule has 0 saturated heterocycles. The molecule has 0 spiro atoms. The standard InChI is InChI=1S/C23H25FN2O/c1-16(2)13-23(3,14-17-8-5-4-6-9-17)22(27)26-19-12-18-10-7-11-20(24)21(18)25-15-19/h4-12,15-16H,13-14H2,1-3H3,(H,26,27). The minimum absolute atomic E-state index is 0.0439. The number of halogens is 1. The Hall–Kier alpha value is -2.75. The zero-order chi connectivity index (χ0) is 19.4. The number of nitrogens with one attached hydrogen (secondary N) is 1. The predicted molar refractivity (Wildman–Crippen MR) is 108 cm³/mol. The summed E-state index contributed by atoms with van der Waals surface area (Å²) in [7, 11) is 0. The molecule has 0 aliphatic rings. The fourth-order valence-corrected chi connectivity index (χ4v) is 3.67. The van der Waals surface area contributed by atoms with Crippen LogP contribution < -0.4 is 5.32 Å². The quantitative estimate of drug-likeness (QED) is 0.618. The van der Waals surface area contributed by atoms with Crippen LogP contribution in [0.25, 0.3) is 10.9 Å². The van der Waals surface area contributed by atoms with Gasteiger partial charge < -0.3 is 5.32 Å². The van der Waals surface area contributed by atoms with Gasteiger partial charge >= 0.3 is 0 Å². The van der Waals surface area contributed by atoms with Crippen molar-refractivity contribution >= 4 is 22.5 Å². The number of nitrogens with zero attached hydrogens (tertiary/aromatic N) is 1. The largest absolute Gasteiger partial charge is 0.324 e. The lowest BCUT2D eigenvalue weighted by Crippen LogP contribution is -2.36. The van der Waals surface area contributed by atoms with Crippen molar-refractivity contribution in [3.8, 4) is 0 Å². The molecule has 1 atom stereocenters. The van der Waals surface area contributed by atoms with Crippen LogP contribution in [0.2, 0.25) is 0 Å². The van der Waals surface area contributed by atoms with E-state index in [1.807, 2.05) is 37.3 Å². The van der Waals surface area contributed by atoms with Crippen LogP contribution in [-0.2, 0) is 11.2 Å². The average Bonchev–Trinajstić information content (AvgIpc) is 2.62. The van der Waals surface area contributed by atoms with E-state index in [0.29, 0.717) is 28.9 Å². The molecule has 0 aliphatic carbocycles. The van der Waals surface area contributed by atoms with Crippen LogP contribution in [0.3, 0.4) is 0 Å². The summed E-state index contributed by atoms with van der Waals surface area (Å²) in [4.78, 5) is 17.3. The number of anilines is 1. The van der Waals surface area contributed by atoms with Gasteiger partial charge in [0.15, 0.2) is 0 Å². The van der Waals surface area contributed by atoms with E-state index < -0.39 is 5.41 Å². The molecule has 0 aliphatic heterocycles. The number of aromatic nitrogens is 1. The molecule has 1 aromatic heterocycles. The summed E-state index contributed by atoms with van der Waals surface area (Å²) in [5.41, 5.74) is 1.48. The molecule has 4 heteroatoms. The molecule has 0 bridgehead atoms. The topological polar surface area (TPSA) is 42.0 Å². The van der Waals surface area contributed by atoms with Crippen molar-refractivity contribution < 1.29 is 9.18 Å². The molecule has 3 aromatic rings. The van der Waals surface area contributed by atoms with Gasteiger partial charge in [-0.15, -0.1) is 0 Å². The number of pyridine rings is 1. The average molecular weight is 364 g/mol. The van der Waals surface area contributed by atoms with E-state index in [2.05, 4.69) is 24.1 Å². The molecule has 3 rings (SSSR count). The Morgan fingerprint density at radius 3 is 2.59 bits per heavy atom. The number of hydrogen-bond donors (Lipinski definition) is 1. The van der Waals surface area contributed by atoms with Gasteiger partial charge in [-0.25, -0.2) is 4.39 Å². The Kier molecular flexibility index (Phi) is 5.54. The lowest BCUT2D eigenvalue weighted by molar-refractivity contribution is -0.125. The van der Waals surface area contributed by atoms with Gasteiger partial charge in [0.05, 0.1) is 17.3 Å². The molecule has 1 amide bonds. The molecule has 2 aromatic carbocycles. The Morgan fingerprint density at radius 1 is 1.15 bits per heavy atom. The van der Waals surface area contributed by atoms with E-state index >= 15 is 0 Å². The summed E-state index contributed by atoms with van der Waals surface area (Å²) in [6, 6.07) is 16.6. The molecule has 140 valence electrons. The molecule has 1 unspecified atom stereocenters. The minimum atomic E-state index is -0.549. The highest BCUT2D eigenvalue weighted by molar-refractivity contribution is 5.96. The third-order valence-electron chi connectivity index (χ3n) is 4.76. The fourth-order valence-electron chi connectivity index (χ4n) is 3.67. The van der Waals surface area contributed by atoms with Crippen LogP contribution in [0.5, 0.6) is 0 Å². The van der Waals surface area contributed by atoms with Crippen LogP contribution in [0.1, 0.15) is 32.8 Å². The first-order valence-electron chi connectivity index (χ1n) is 9.27. The van der Waals surface area contributed by atoms with E-state index in [1.165, 1.54) is 12.3 Å². The predicted octanol–water partition coefficient (Wildman–Crippen LogP) is 5.61. The Labute approximate surface area is 159 Å². The van der Waals surface area contributed by atoms with Gasteiger partial charge in [0, 0.05) is 5.39 Å². The molecular weight excluding hydrogens is 339 g/mol. The second kappa shape index (κ2) is 7.87. The van der Waals surface area contributed by atoms with Gasteiger partial charge in [0.2, 0.25) is 5.91 Å². The van der Waals surface area contributed by atoms with Crippen LogP contribution in [-0.4, -0.2) is 10.9 Å². The third kappa shape index (κ3) is 4.51. The summed E-state index contributed by atoms with van der Waals surface area (Å²) >= 11 is 0. The van der Waals surface area contributed by atoms with E-state index in [0.717, 1.165) is 12.0 Å². The van der Waals surface area contributed by atoms with Gasteiger partial charge in [0.25, 0.3) is 0 Å². The van der Waals surface area contributed by atoms with E-state index in [-0.39, 0.29) is 11.7 Å². The molecule has 0 saturated carbocycles. The second-order valence-electron chi connectivity index (χ2n) is 7.81. The smallest absolute Gasteiger partial charge is 0.230 e. The Morgan fingerprint density at radius 2 is 1.89 bits per heavy atom. The lowest BCUT2D eigenvalue weighted by Gasteiger charge is -2.30. The normalized spacial score (nSPS) is 13.5. The zero-order valence-corrected chi connectivity index (χ0v) is 16.0. The second-order valence-corrected chi connectivity index (χ2v) is 7.81. The first kappa shape index (κ1) is 19.0. The SMILES string of the molecule is CC(C)CC(C)(Cc1ccccc1)C(=O)Nc1cnc2c(F)cccc2c1. The first-order chi connectivity index (χ1) is 12.9. The molecule has 1 N–H and O–H groups in total. The van der Waals surface area contributed by atoms with Gasteiger partial charge in [0.1, 0.15) is 11.3 Å². The maximum Gasteiger partial charge on any atom is 0.230 e. The number of benzene rings is 2. The van der Waals surface area contributed by atoms with Crippen molar-refractivity contribution in [3.05, 3.63) is 72.2 Å². The number of hydrogen-bond acceptors (Lipinski definition) is 2. The number of fused-ring (bicyclic) bond motifs is 1. The number of carbonyl (C=O) groups excluding carboxylic acids is 1. The van der Waals surface area contributed by atoms with Crippen LogP contribution in [0, 0.1) is 17.2 Å².